The average molecular weight is 522 g/mol. The second-order valence-electron chi connectivity index (χ2n) is 9.14. The van der Waals surface area contributed by atoms with Crippen molar-refractivity contribution in [2.75, 3.05) is 18.0 Å². The van der Waals surface area contributed by atoms with Gasteiger partial charge in [-0.3, -0.25) is 0 Å². The third-order valence-corrected chi connectivity index (χ3v) is 6.72. The van der Waals surface area contributed by atoms with Gasteiger partial charge in [0.25, 0.3) is 0 Å². The van der Waals surface area contributed by atoms with Gasteiger partial charge >= 0.3 is 6.55 Å². The standard InChI is InChI=1S/C29H21F2N7O/c1-2-19-3-6-24(7-4-19)39-25-9-10-36(18-25)27-8-5-20(13-33-27)26-11-21(23-15-35-38(17-23)29(30)31)16-37-28(26)22(12-32)14-34-37/h1,3-8,11,13-17,25,29H,9-10,18H2/t25-/m1/s1. The van der Waals surface area contributed by atoms with Crippen LogP contribution in [-0.2, 0) is 0 Å². The van der Waals surface area contributed by atoms with Crippen LogP contribution in [0.2, 0.25) is 0 Å². The minimum Gasteiger partial charge on any atom is -0.489 e. The zero-order valence-electron chi connectivity index (χ0n) is 20.6. The lowest BCUT2D eigenvalue weighted by atomic mass is 10.0. The zero-order chi connectivity index (χ0) is 26.9. The maximum atomic E-state index is 13.1. The molecule has 0 aliphatic carbocycles. The van der Waals surface area contributed by atoms with Gasteiger partial charge in [-0.2, -0.15) is 24.2 Å². The van der Waals surface area contributed by atoms with E-state index in [-0.39, 0.29) is 6.10 Å². The Kier molecular flexibility index (Phi) is 6.14. The number of rotatable bonds is 6. The van der Waals surface area contributed by atoms with Crippen molar-refractivity contribution < 1.29 is 13.5 Å². The lowest BCUT2D eigenvalue weighted by molar-refractivity contribution is 0.0566. The van der Waals surface area contributed by atoms with Gasteiger partial charge in [0.2, 0.25) is 0 Å². The molecule has 4 aromatic heterocycles. The van der Waals surface area contributed by atoms with E-state index in [4.69, 9.17) is 16.1 Å². The molecule has 1 fully saturated rings. The van der Waals surface area contributed by atoms with Gasteiger partial charge in [-0.15, -0.1) is 6.42 Å². The van der Waals surface area contributed by atoms with Crippen LogP contribution in [0.4, 0.5) is 14.6 Å². The van der Waals surface area contributed by atoms with E-state index in [2.05, 4.69) is 27.1 Å². The molecule has 0 bridgehead atoms. The molecular formula is C29H21F2N7O. The predicted octanol–water partition coefficient (Wildman–Crippen LogP) is 5.17. The summed E-state index contributed by atoms with van der Waals surface area (Å²) in [5, 5.41) is 17.7. The summed E-state index contributed by atoms with van der Waals surface area (Å²) in [5.74, 6) is 4.19. The molecule has 0 amide bonds. The number of nitriles is 1. The van der Waals surface area contributed by atoms with Gasteiger partial charge in [-0.05, 0) is 42.5 Å². The molecule has 0 spiro atoms. The highest BCUT2D eigenvalue weighted by Gasteiger charge is 2.25. The maximum Gasteiger partial charge on any atom is 0.333 e. The largest absolute Gasteiger partial charge is 0.489 e. The summed E-state index contributed by atoms with van der Waals surface area (Å²) in [7, 11) is 0. The molecule has 5 heterocycles. The Hall–Kier alpha value is -5.22. The smallest absolute Gasteiger partial charge is 0.333 e. The van der Waals surface area contributed by atoms with Crippen LogP contribution in [0.1, 0.15) is 24.1 Å². The normalized spacial score (nSPS) is 15.0. The van der Waals surface area contributed by atoms with Gasteiger partial charge in [0.05, 0.1) is 30.0 Å². The third kappa shape index (κ3) is 4.64. The van der Waals surface area contributed by atoms with Crippen molar-refractivity contribution in [3.63, 3.8) is 0 Å². The molecule has 192 valence electrons. The molecule has 6 rings (SSSR count). The predicted molar refractivity (Wildman–Crippen MR) is 141 cm³/mol. The second kappa shape index (κ2) is 9.92. The molecule has 0 N–H and O–H groups in total. The fraction of sp³-hybridized carbons (Fsp3) is 0.172. The summed E-state index contributed by atoms with van der Waals surface area (Å²) in [6.45, 7) is -1.24. The van der Waals surface area contributed by atoms with Crippen molar-refractivity contribution in [3.8, 4) is 46.4 Å². The fourth-order valence-corrected chi connectivity index (χ4v) is 4.76. The monoisotopic (exact) mass is 521 g/mol. The van der Waals surface area contributed by atoms with E-state index in [1.807, 2.05) is 42.5 Å². The summed E-state index contributed by atoms with van der Waals surface area (Å²) in [6, 6.07) is 15.4. The van der Waals surface area contributed by atoms with Gasteiger partial charge in [-0.1, -0.05) is 5.92 Å². The molecular weight excluding hydrogens is 500 g/mol. The van der Waals surface area contributed by atoms with Crippen LogP contribution in [0.25, 0.3) is 27.8 Å². The van der Waals surface area contributed by atoms with Gasteiger partial charge in [-0.25, -0.2) is 14.2 Å². The SMILES string of the molecule is C#Cc1ccc(O[C@@H]2CCN(c3ccc(-c4cc(-c5cnn(C(F)F)c5)cn5ncc(C#N)c45)cn3)C2)cc1. The first kappa shape index (κ1) is 24.1. The highest BCUT2D eigenvalue weighted by molar-refractivity contribution is 5.87. The highest BCUT2D eigenvalue weighted by Crippen LogP contribution is 2.33. The number of anilines is 1. The summed E-state index contributed by atoms with van der Waals surface area (Å²) in [4.78, 5) is 6.86. The molecule has 8 nitrogen and oxygen atoms in total. The molecule has 10 heteroatoms. The Balaban J connectivity index is 1.26. The first-order valence-electron chi connectivity index (χ1n) is 12.2. The molecule has 1 aliphatic heterocycles. The maximum absolute atomic E-state index is 13.1. The third-order valence-electron chi connectivity index (χ3n) is 6.72. The number of hydrogen-bond donors (Lipinski definition) is 0. The number of ether oxygens (including phenoxy) is 1. The van der Waals surface area contributed by atoms with Crippen molar-refractivity contribution in [2.45, 2.75) is 19.1 Å². The van der Waals surface area contributed by atoms with E-state index < -0.39 is 6.55 Å². The van der Waals surface area contributed by atoms with Crippen LogP contribution < -0.4 is 9.64 Å². The minimum atomic E-state index is -2.74. The van der Waals surface area contributed by atoms with E-state index in [0.717, 1.165) is 35.7 Å². The van der Waals surface area contributed by atoms with Crippen LogP contribution in [0, 0.1) is 23.7 Å². The molecule has 0 saturated carbocycles. The zero-order valence-corrected chi connectivity index (χ0v) is 20.6. The van der Waals surface area contributed by atoms with Crippen molar-refractivity contribution in [2.24, 2.45) is 0 Å². The molecule has 1 aromatic carbocycles. The van der Waals surface area contributed by atoms with E-state index in [0.29, 0.717) is 39.0 Å². The molecule has 0 radical (unpaired) electrons. The lowest BCUT2D eigenvalue weighted by Gasteiger charge is -2.18. The second-order valence-corrected chi connectivity index (χ2v) is 9.14. The van der Waals surface area contributed by atoms with Crippen LogP contribution >= 0.6 is 0 Å². The molecule has 5 aromatic rings. The molecule has 39 heavy (non-hydrogen) atoms. The van der Waals surface area contributed by atoms with E-state index in [1.54, 1.807) is 16.9 Å². The fourth-order valence-electron chi connectivity index (χ4n) is 4.76. The Morgan fingerprint density at radius 3 is 2.54 bits per heavy atom. The number of nitrogens with zero attached hydrogens (tertiary/aromatic N) is 7. The molecule has 1 atom stereocenters. The summed E-state index contributed by atoms with van der Waals surface area (Å²) in [5.41, 5.74) is 4.45. The highest BCUT2D eigenvalue weighted by atomic mass is 19.3. The number of aromatic nitrogens is 5. The molecule has 0 unspecified atom stereocenters. The van der Waals surface area contributed by atoms with E-state index in [9.17, 15) is 14.0 Å². The van der Waals surface area contributed by atoms with Crippen LogP contribution in [-0.4, -0.2) is 43.6 Å². The van der Waals surface area contributed by atoms with Crippen LogP contribution in [0.5, 0.6) is 5.75 Å². The van der Waals surface area contributed by atoms with Crippen molar-refractivity contribution in [3.05, 3.63) is 84.6 Å². The Morgan fingerprint density at radius 1 is 1.00 bits per heavy atom. The molecule has 1 saturated heterocycles. The number of terminal acetylenes is 1. The van der Waals surface area contributed by atoms with Gasteiger partial charge < -0.3 is 9.64 Å². The van der Waals surface area contributed by atoms with Gasteiger partial charge in [0.15, 0.2) is 0 Å². The number of alkyl halides is 2. The van der Waals surface area contributed by atoms with Crippen molar-refractivity contribution in [1.29, 1.82) is 5.26 Å². The average Bonchev–Trinajstić information content (AvgIpc) is 3.73. The Bertz CT molecular complexity index is 1730. The van der Waals surface area contributed by atoms with Crippen LogP contribution in [0.15, 0.2) is 73.4 Å². The number of halogens is 2. The quantitative estimate of drug-likeness (QED) is 0.287. The Labute approximate surface area is 222 Å². The van der Waals surface area contributed by atoms with Crippen molar-refractivity contribution in [1.82, 2.24) is 24.4 Å². The first-order valence-corrected chi connectivity index (χ1v) is 12.2. The number of benzene rings is 1. The topological polar surface area (TPSA) is 84.3 Å². The van der Waals surface area contributed by atoms with Crippen LogP contribution in [0.3, 0.4) is 0 Å². The van der Waals surface area contributed by atoms with Gasteiger partial charge in [0, 0.05) is 59.4 Å². The van der Waals surface area contributed by atoms with E-state index >= 15 is 0 Å². The summed E-state index contributed by atoms with van der Waals surface area (Å²) < 4.78 is 34.5. The number of hydrogen-bond acceptors (Lipinski definition) is 6. The summed E-state index contributed by atoms with van der Waals surface area (Å²) >= 11 is 0. The van der Waals surface area contributed by atoms with Gasteiger partial charge in [0.1, 0.15) is 23.7 Å². The molecule has 1 aliphatic rings. The number of pyridine rings is 2. The van der Waals surface area contributed by atoms with Crippen molar-refractivity contribution >= 4 is 11.3 Å². The number of fused-ring (bicyclic) bond motifs is 1. The summed E-state index contributed by atoms with van der Waals surface area (Å²) in [6.07, 6.45) is 13.9. The first-order chi connectivity index (χ1) is 19.0. The Morgan fingerprint density at radius 2 is 1.85 bits per heavy atom. The minimum absolute atomic E-state index is 0.0265. The van der Waals surface area contributed by atoms with E-state index in [1.165, 1.54) is 18.6 Å². The lowest BCUT2D eigenvalue weighted by Crippen LogP contribution is -2.25.